The number of amides is 2. The van der Waals surface area contributed by atoms with Gasteiger partial charge in [0.25, 0.3) is 0 Å². The van der Waals surface area contributed by atoms with E-state index < -0.39 is 41.1 Å². The number of likely N-dealkylation sites (tertiary alicyclic amines) is 1. The zero-order chi connectivity index (χ0) is 27.0. The van der Waals surface area contributed by atoms with E-state index in [0.29, 0.717) is 25.8 Å². The van der Waals surface area contributed by atoms with Crippen molar-refractivity contribution in [2.75, 3.05) is 19.8 Å². The molecule has 3 aliphatic heterocycles. The van der Waals surface area contributed by atoms with E-state index in [0.717, 1.165) is 32.1 Å². The van der Waals surface area contributed by atoms with Crippen LogP contribution in [0.15, 0.2) is 25.3 Å². The Morgan fingerprint density at radius 3 is 2.57 bits per heavy atom. The highest BCUT2D eigenvalue weighted by Crippen LogP contribution is 2.65. The highest BCUT2D eigenvalue weighted by atomic mass is 16.6. The third-order valence-electron chi connectivity index (χ3n) is 9.51. The van der Waals surface area contributed by atoms with Crippen LogP contribution >= 0.6 is 0 Å². The fourth-order valence-corrected chi connectivity index (χ4v) is 7.56. The highest BCUT2D eigenvalue weighted by molar-refractivity contribution is 5.99. The first-order chi connectivity index (χ1) is 17.7. The van der Waals surface area contributed by atoms with Gasteiger partial charge >= 0.3 is 5.97 Å². The Hall–Kier alpha value is -2.19. The predicted molar refractivity (Wildman–Crippen MR) is 139 cm³/mol. The fraction of sp³-hybridized carbons (Fsp3) is 0.759. The van der Waals surface area contributed by atoms with Gasteiger partial charge in [0.15, 0.2) is 0 Å². The molecule has 0 aromatic carbocycles. The minimum Gasteiger partial charge on any atom is -0.465 e. The Kier molecular flexibility index (Phi) is 8.19. The van der Waals surface area contributed by atoms with Gasteiger partial charge < -0.3 is 24.4 Å². The molecule has 1 spiro atoms. The minimum absolute atomic E-state index is 0.0551. The number of carbonyl (C=O) groups excluding carboxylic acids is 3. The van der Waals surface area contributed by atoms with Crippen molar-refractivity contribution in [3.8, 4) is 0 Å². The van der Waals surface area contributed by atoms with Gasteiger partial charge in [-0.1, -0.05) is 45.3 Å². The van der Waals surface area contributed by atoms with Gasteiger partial charge in [-0.3, -0.25) is 14.4 Å². The third-order valence-corrected chi connectivity index (χ3v) is 9.51. The number of nitrogens with zero attached hydrogens (tertiary/aromatic N) is 2. The van der Waals surface area contributed by atoms with Gasteiger partial charge in [0, 0.05) is 12.6 Å². The van der Waals surface area contributed by atoms with Crippen molar-refractivity contribution in [3.05, 3.63) is 25.3 Å². The van der Waals surface area contributed by atoms with E-state index in [9.17, 15) is 19.5 Å². The molecular weight excluding hydrogens is 472 g/mol. The Morgan fingerprint density at radius 1 is 1.27 bits per heavy atom. The maximum absolute atomic E-state index is 14.5. The van der Waals surface area contributed by atoms with Crippen molar-refractivity contribution >= 4 is 17.8 Å². The van der Waals surface area contributed by atoms with E-state index in [1.54, 1.807) is 17.1 Å². The number of fused-ring (bicyclic) bond motifs is 1. The second-order valence-electron chi connectivity index (χ2n) is 11.5. The average molecular weight is 517 g/mol. The molecule has 0 aromatic rings. The van der Waals surface area contributed by atoms with Crippen molar-refractivity contribution in [2.24, 2.45) is 17.8 Å². The number of aliphatic hydroxyl groups excluding tert-OH is 1. The maximum atomic E-state index is 14.5. The van der Waals surface area contributed by atoms with Gasteiger partial charge in [0.2, 0.25) is 11.8 Å². The molecule has 206 valence electrons. The fourth-order valence-electron chi connectivity index (χ4n) is 7.56. The topological polar surface area (TPSA) is 96.4 Å². The predicted octanol–water partition coefficient (Wildman–Crippen LogP) is 3.23. The number of aliphatic hydroxyl groups is 1. The van der Waals surface area contributed by atoms with E-state index in [1.807, 2.05) is 25.7 Å². The van der Waals surface area contributed by atoms with Crippen molar-refractivity contribution in [2.45, 2.75) is 101 Å². The van der Waals surface area contributed by atoms with Crippen molar-refractivity contribution in [1.29, 1.82) is 0 Å². The van der Waals surface area contributed by atoms with E-state index in [-0.39, 0.29) is 37.0 Å². The van der Waals surface area contributed by atoms with E-state index in [1.165, 1.54) is 0 Å². The van der Waals surface area contributed by atoms with E-state index in [2.05, 4.69) is 13.2 Å². The summed E-state index contributed by atoms with van der Waals surface area (Å²) in [5, 5.41) is 10.3. The number of hydrogen-bond acceptors (Lipinski definition) is 6. The summed E-state index contributed by atoms with van der Waals surface area (Å²) in [5.74, 6) is -2.60. The number of rotatable bonds is 11. The Morgan fingerprint density at radius 2 is 1.97 bits per heavy atom. The zero-order valence-corrected chi connectivity index (χ0v) is 22.7. The molecule has 2 amide bonds. The molecular formula is C29H44N2O6. The lowest BCUT2D eigenvalue weighted by molar-refractivity contribution is -0.164. The summed E-state index contributed by atoms with van der Waals surface area (Å²) >= 11 is 0. The SMILES string of the molecule is C=CCCOC(=O)[C@H]1[C@H]2C(=O)N([C@@H](CC)CO)C(C(=O)N(CC=C)C3CCCCC3)C23CC(C)[C@]1(C)O3. The molecule has 1 saturated carbocycles. The molecule has 4 fully saturated rings. The number of carbonyl (C=O) groups is 3. The van der Waals surface area contributed by atoms with E-state index >= 15 is 0 Å². The molecule has 4 rings (SSSR count). The van der Waals surface area contributed by atoms with Crippen LogP contribution in [0.2, 0.25) is 0 Å². The molecule has 4 aliphatic rings. The normalized spacial score (nSPS) is 35.8. The van der Waals surface area contributed by atoms with E-state index in [4.69, 9.17) is 9.47 Å². The zero-order valence-electron chi connectivity index (χ0n) is 22.7. The van der Waals surface area contributed by atoms with Crippen LogP contribution in [0.3, 0.4) is 0 Å². The smallest absolute Gasteiger partial charge is 0.312 e. The maximum Gasteiger partial charge on any atom is 0.312 e. The second kappa shape index (κ2) is 10.9. The van der Waals surface area contributed by atoms with Crippen LogP contribution in [0.25, 0.3) is 0 Å². The molecule has 3 unspecified atom stereocenters. The summed E-state index contributed by atoms with van der Waals surface area (Å²) in [4.78, 5) is 45.7. The minimum atomic E-state index is -1.14. The first kappa shape index (κ1) is 27.8. The quantitative estimate of drug-likeness (QED) is 0.257. The molecule has 3 heterocycles. The molecule has 1 N–H and O–H groups in total. The standard InChI is InChI=1S/C29H44N2O6/c1-6-9-16-36-27(35)23-22-25(33)31(20(8-3)18-32)24(29(22)17-19(4)28(23,5)37-29)26(34)30(15-7-2)21-13-11-10-12-14-21/h6-7,19-24,32H,1-2,8-18H2,3-5H3/t19?,20-,22-,23+,24?,28-,29?/m0/s1. The molecule has 2 bridgehead atoms. The second-order valence-corrected chi connectivity index (χ2v) is 11.5. The lowest BCUT2D eigenvalue weighted by Gasteiger charge is -2.42. The Balaban J connectivity index is 1.78. The van der Waals surface area contributed by atoms with Gasteiger partial charge in [0.05, 0.1) is 30.8 Å². The number of esters is 1. The van der Waals surface area contributed by atoms with Crippen LogP contribution in [-0.2, 0) is 23.9 Å². The summed E-state index contributed by atoms with van der Waals surface area (Å²) in [6.45, 7) is 13.7. The summed E-state index contributed by atoms with van der Waals surface area (Å²) in [7, 11) is 0. The first-order valence-electron chi connectivity index (χ1n) is 14.0. The molecule has 0 radical (unpaired) electrons. The molecule has 8 heteroatoms. The van der Waals surface area contributed by atoms with Crippen LogP contribution in [0.4, 0.5) is 0 Å². The lowest BCUT2D eigenvalue weighted by Crippen LogP contribution is -2.60. The lowest BCUT2D eigenvalue weighted by atomic mass is 9.62. The van der Waals surface area contributed by atoms with Crippen molar-refractivity contribution < 1.29 is 29.0 Å². The van der Waals surface area contributed by atoms with Crippen LogP contribution in [0.1, 0.15) is 72.1 Å². The molecule has 3 saturated heterocycles. The van der Waals surface area contributed by atoms with Gasteiger partial charge in [-0.25, -0.2) is 0 Å². The Bertz CT molecular complexity index is 912. The Labute approximate surface area is 221 Å². The average Bonchev–Trinajstić information content (AvgIpc) is 3.40. The largest absolute Gasteiger partial charge is 0.465 e. The van der Waals surface area contributed by atoms with Crippen molar-refractivity contribution in [1.82, 2.24) is 9.80 Å². The summed E-state index contributed by atoms with van der Waals surface area (Å²) in [5.41, 5.74) is -2.05. The van der Waals surface area contributed by atoms with Crippen LogP contribution < -0.4 is 0 Å². The molecule has 1 aliphatic carbocycles. The monoisotopic (exact) mass is 516 g/mol. The van der Waals surface area contributed by atoms with Crippen LogP contribution in [-0.4, -0.2) is 81.8 Å². The van der Waals surface area contributed by atoms with Crippen molar-refractivity contribution in [3.63, 3.8) is 0 Å². The van der Waals surface area contributed by atoms with Gasteiger partial charge in [-0.2, -0.15) is 0 Å². The van der Waals surface area contributed by atoms with Gasteiger partial charge in [-0.05, 0) is 44.9 Å². The third kappa shape index (κ3) is 4.34. The van der Waals surface area contributed by atoms with Gasteiger partial charge in [0.1, 0.15) is 17.6 Å². The van der Waals surface area contributed by atoms with Crippen LogP contribution in [0, 0.1) is 17.8 Å². The summed E-state index contributed by atoms with van der Waals surface area (Å²) < 4.78 is 12.4. The van der Waals surface area contributed by atoms with Gasteiger partial charge in [-0.15, -0.1) is 13.2 Å². The van der Waals surface area contributed by atoms with Crippen LogP contribution in [0.5, 0.6) is 0 Å². The highest BCUT2D eigenvalue weighted by Gasteiger charge is 2.80. The number of hydrogen-bond donors (Lipinski definition) is 1. The molecule has 7 atom stereocenters. The summed E-state index contributed by atoms with van der Waals surface area (Å²) in [6.07, 6.45) is 10.0. The molecule has 0 aromatic heterocycles. The summed E-state index contributed by atoms with van der Waals surface area (Å²) in [6, 6.07) is -1.37. The molecule has 8 nitrogen and oxygen atoms in total. The molecule has 37 heavy (non-hydrogen) atoms. The first-order valence-corrected chi connectivity index (χ1v) is 14.0. The number of ether oxygens (including phenoxy) is 2.